The fourth-order valence-corrected chi connectivity index (χ4v) is 2.71. The molecule has 0 saturated heterocycles. The van der Waals surface area contributed by atoms with E-state index in [1.165, 1.54) is 0 Å². The summed E-state index contributed by atoms with van der Waals surface area (Å²) in [5, 5.41) is 0.610. The molecule has 0 heterocycles. The summed E-state index contributed by atoms with van der Waals surface area (Å²) in [6, 6.07) is 13.9. The summed E-state index contributed by atoms with van der Waals surface area (Å²) in [6.07, 6.45) is 2.83. The van der Waals surface area contributed by atoms with Crippen LogP contribution in [0.2, 0.25) is 5.02 Å². The molecule has 4 heteroatoms. The summed E-state index contributed by atoms with van der Waals surface area (Å²) in [6.45, 7) is 1.98. The van der Waals surface area contributed by atoms with Gasteiger partial charge >= 0.3 is 0 Å². The zero-order chi connectivity index (χ0) is 14.5. The quantitative estimate of drug-likeness (QED) is 0.810. The average molecular weight is 308 g/mol. The highest BCUT2D eigenvalue weighted by Crippen LogP contribution is 2.35. The first kappa shape index (κ1) is 15.2. The number of benzene rings is 2. The molecule has 0 spiro atoms. The molecule has 0 bridgehead atoms. The molecular weight excluding hydrogens is 290 g/mol. The molecule has 2 nitrogen and oxygen atoms in total. The SMILES string of the molecule is CSc1ccccc1Oc1ccc(CC(C)N)cc1Cl. The molecule has 0 saturated carbocycles. The Morgan fingerprint density at radius 1 is 1.20 bits per heavy atom. The average Bonchev–Trinajstić information content (AvgIpc) is 2.42. The number of nitrogens with two attached hydrogens (primary N) is 1. The predicted molar refractivity (Wildman–Crippen MR) is 87.1 cm³/mol. The summed E-state index contributed by atoms with van der Waals surface area (Å²) in [5.74, 6) is 1.49. The van der Waals surface area contributed by atoms with Gasteiger partial charge in [-0.15, -0.1) is 11.8 Å². The van der Waals surface area contributed by atoms with Crippen LogP contribution < -0.4 is 10.5 Å². The molecule has 1 unspecified atom stereocenters. The van der Waals surface area contributed by atoms with Gasteiger partial charge in [0, 0.05) is 10.9 Å². The minimum atomic E-state index is 0.120. The van der Waals surface area contributed by atoms with Crippen molar-refractivity contribution in [3.05, 3.63) is 53.1 Å². The summed E-state index contributed by atoms with van der Waals surface area (Å²) >= 11 is 7.93. The van der Waals surface area contributed by atoms with Crippen LogP contribution >= 0.6 is 23.4 Å². The van der Waals surface area contributed by atoms with Crippen molar-refractivity contribution >= 4 is 23.4 Å². The normalized spacial score (nSPS) is 12.2. The first-order chi connectivity index (χ1) is 9.60. The van der Waals surface area contributed by atoms with Gasteiger partial charge in [-0.2, -0.15) is 0 Å². The molecule has 2 aromatic carbocycles. The van der Waals surface area contributed by atoms with Crippen LogP contribution in [0.5, 0.6) is 11.5 Å². The minimum absolute atomic E-state index is 0.120. The highest BCUT2D eigenvalue weighted by Gasteiger charge is 2.08. The van der Waals surface area contributed by atoms with Crippen molar-refractivity contribution in [2.75, 3.05) is 6.26 Å². The predicted octanol–water partition coefficient (Wildman–Crippen LogP) is 4.74. The van der Waals surface area contributed by atoms with E-state index in [9.17, 15) is 0 Å². The third-order valence-electron chi connectivity index (χ3n) is 2.84. The van der Waals surface area contributed by atoms with Crippen LogP contribution in [-0.4, -0.2) is 12.3 Å². The number of hydrogen-bond donors (Lipinski definition) is 1. The van der Waals surface area contributed by atoms with Crippen molar-refractivity contribution < 1.29 is 4.74 Å². The van der Waals surface area contributed by atoms with Crippen molar-refractivity contribution in [1.82, 2.24) is 0 Å². The highest BCUT2D eigenvalue weighted by atomic mass is 35.5. The Morgan fingerprint density at radius 3 is 2.60 bits per heavy atom. The number of thioether (sulfide) groups is 1. The molecule has 20 heavy (non-hydrogen) atoms. The van der Waals surface area contributed by atoms with Gasteiger partial charge in [-0.3, -0.25) is 0 Å². The largest absolute Gasteiger partial charge is 0.455 e. The van der Waals surface area contributed by atoms with Crippen LogP contribution in [0.4, 0.5) is 0 Å². The molecule has 2 rings (SSSR count). The number of rotatable bonds is 5. The summed E-state index contributed by atoms with van der Waals surface area (Å²) in [7, 11) is 0. The fourth-order valence-electron chi connectivity index (χ4n) is 1.95. The van der Waals surface area contributed by atoms with E-state index in [1.54, 1.807) is 11.8 Å². The van der Waals surface area contributed by atoms with Crippen LogP contribution in [0, 0.1) is 0 Å². The van der Waals surface area contributed by atoms with E-state index in [0.717, 1.165) is 22.6 Å². The molecule has 0 aliphatic rings. The highest BCUT2D eigenvalue weighted by molar-refractivity contribution is 7.98. The molecule has 0 radical (unpaired) electrons. The van der Waals surface area contributed by atoms with Crippen LogP contribution in [-0.2, 0) is 6.42 Å². The monoisotopic (exact) mass is 307 g/mol. The summed E-state index contributed by atoms with van der Waals surface area (Å²) < 4.78 is 5.91. The van der Waals surface area contributed by atoms with E-state index in [1.807, 2.05) is 55.6 Å². The maximum absolute atomic E-state index is 6.29. The van der Waals surface area contributed by atoms with Crippen molar-refractivity contribution in [2.45, 2.75) is 24.3 Å². The van der Waals surface area contributed by atoms with Gasteiger partial charge in [-0.25, -0.2) is 0 Å². The Hall–Kier alpha value is -1.16. The fraction of sp³-hybridized carbons (Fsp3) is 0.250. The van der Waals surface area contributed by atoms with E-state index in [-0.39, 0.29) is 6.04 Å². The minimum Gasteiger partial charge on any atom is -0.455 e. The van der Waals surface area contributed by atoms with E-state index < -0.39 is 0 Å². The smallest absolute Gasteiger partial charge is 0.146 e. The van der Waals surface area contributed by atoms with Gasteiger partial charge in [0.25, 0.3) is 0 Å². The number of ether oxygens (including phenoxy) is 1. The topological polar surface area (TPSA) is 35.2 Å². The third-order valence-corrected chi connectivity index (χ3v) is 3.92. The Morgan fingerprint density at radius 2 is 1.95 bits per heavy atom. The molecule has 2 aromatic rings. The van der Waals surface area contributed by atoms with Crippen LogP contribution in [0.15, 0.2) is 47.4 Å². The maximum Gasteiger partial charge on any atom is 0.146 e. The molecule has 1 atom stereocenters. The third kappa shape index (κ3) is 3.92. The lowest BCUT2D eigenvalue weighted by molar-refractivity contribution is 0.471. The Kier molecular flexibility index (Phi) is 5.35. The second kappa shape index (κ2) is 7.02. The molecule has 0 aromatic heterocycles. The number of halogens is 1. The van der Waals surface area contributed by atoms with Crippen LogP contribution in [0.3, 0.4) is 0 Å². The van der Waals surface area contributed by atoms with Gasteiger partial charge in [0.15, 0.2) is 0 Å². The first-order valence-electron chi connectivity index (χ1n) is 6.45. The molecule has 2 N–H and O–H groups in total. The standard InChI is InChI=1S/C16H18ClNOS/c1-11(18)9-12-7-8-14(13(17)10-12)19-15-5-3-4-6-16(15)20-2/h3-8,10-11H,9,18H2,1-2H3. The van der Waals surface area contributed by atoms with Gasteiger partial charge in [-0.05, 0) is 49.4 Å². The lowest BCUT2D eigenvalue weighted by Crippen LogP contribution is -2.17. The van der Waals surface area contributed by atoms with Crippen molar-refractivity contribution in [1.29, 1.82) is 0 Å². The molecule has 106 valence electrons. The number of para-hydroxylation sites is 1. The summed E-state index contributed by atoms with van der Waals surface area (Å²) in [5.41, 5.74) is 6.92. The molecule has 0 aliphatic carbocycles. The molecule has 0 fully saturated rings. The zero-order valence-corrected chi connectivity index (χ0v) is 13.2. The van der Waals surface area contributed by atoms with Crippen LogP contribution in [0.1, 0.15) is 12.5 Å². The second-order valence-electron chi connectivity index (χ2n) is 4.70. The second-order valence-corrected chi connectivity index (χ2v) is 5.95. The van der Waals surface area contributed by atoms with Gasteiger partial charge in [0.2, 0.25) is 0 Å². The lowest BCUT2D eigenvalue weighted by atomic mass is 10.1. The maximum atomic E-state index is 6.29. The zero-order valence-electron chi connectivity index (χ0n) is 11.6. The van der Waals surface area contributed by atoms with Gasteiger partial charge < -0.3 is 10.5 Å². The first-order valence-corrected chi connectivity index (χ1v) is 8.05. The van der Waals surface area contributed by atoms with Crippen molar-refractivity contribution in [3.63, 3.8) is 0 Å². The van der Waals surface area contributed by atoms with E-state index in [2.05, 4.69) is 0 Å². The molecule has 0 amide bonds. The lowest BCUT2D eigenvalue weighted by Gasteiger charge is -2.12. The van der Waals surface area contributed by atoms with E-state index in [0.29, 0.717) is 10.8 Å². The van der Waals surface area contributed by atoms with Gasteiger partial charge in [0.05, 0.1) is 5.02 Å². The Balaban J connectivity index is 2.21. The van der Waals surface area contributed by atoms with Gasteiger partial charge in [-0.1, -0.05) is 29.8 Å². The molecular formula is C16H18ClNOS. The van der Waals surface area contributed by atoms with E-state index in [4.69, 9.17) is 22.1 Å². The summed E-state index contributed by atoms with van der Waals surface area (Å²) in [4.78, 5) is 1.09. The number of hydrogen-bond acceptors (Lipinski definition) is 3. The van der Waals surface area contributed by atoms with Gasteiger partial charge in [0.1, 0.15) is 11.5 Å². The Bertz CT molecular complexity index is 586. The Labute approximate surface area is 129 Å². The van der Waals surface area contributed by atoms with E-state index >= 15 is 0 Å². The van der Waals surface area contributed by atoms with Crippen molar-refractivity contribution in [2.24, 2.45) is 5.73 Å². The molecule has 0 aliphatic heterocycles. The van der Waals surface area contributed by atoms with Crippen LogP contribution in [0.25, 0.3) is 0 Å². The van der Waals surface area contributed by atoms with Crippen molar-refractivity contribution in [3.8, 4) is 11.5 Å².